The summed E-state index contributed by atoms with van der Waals surface area (Å²) in [4.78, 5) is 121. The Bertz CT molecular complexity index is 2570. The highest BCUT2D eigenvalue weighted by molar-refractivity contribution is 6.31. The topological polar surface area (TPSA) is 281 Å². The molecule has 8 atom stereocenters. The first-order valence-electron chi connectivity index (χ1n) is 29.5. The molecule has 4 amide bonds. The van der Waals surface area contributed by atoms with E-state index in [-0.39, 0.29) is 120 Å². The lowest BCUT2D eigenvalue weighted by Crippen LogP contribution is -2.51. The van der Waals surface area contributed by atoms with Crippen molar-refractivity contribution in [3.8, 4) is 0 Å². The van der Waals surface area contributed by atoms with Gasteiger partial charge in [-0.15, -0.1) is 0 Å². The lowest BCUT2D eigenvalue weighted by Gasteiger charge is -2.29. The van der Waals surface area contributed by atoms with Gasteiger partial charge < -0.3 is 59.1 Å². The number of carbonyl (C=O) groups is 9. The van der Waals surface area contributed by atoms with E-state index < -0.39 is 83.3 Å². The van der Waals surface area contributed by atoms with Crippen LogP contribution in [0.3, 0.4) is 0 Å². The molecule has 0 radical (unpaired) electrons. The average molecular weight is 1210 g/mol. The largest absolute Gasteiger partial charge is 0.481 e. The molecule has 0 bridgehead atoms. The van der Waals surface area contributed by atoms with Crippen molar-refractivity contribution >= 4 is 64.7 Å². The number of benzene rings is 2. The molecule has 0 saturated carbocycles. The van der Waals surface area contributed by atoms with Crippen LogP contribution in [0.5, 0.6) is 0 Å². The molecular weight excluding hydrogens is 1120 g/mol. The van der Waals surface area contributed by atoms with Gasteiger partial charge in [0, 0.05) is 75.7 Å². The minimum Gasteiger partial charge on any atom is -0.481 e. The molecule has 0 unspecified atom stereocenters. The summed E-state index contributed by atoms with van der Waals surface area (Å²) in [5.41, 5.74) is 2.04. The molecule has 21 nitrogen and oxygen atoms in total. The van der Waals surface area contributed by atoms with Crippen molar-refractivity contribution in [1.29, 1.82) is 0 Å². The molecule has 2 heterocycles. The predicted octanol–water partition coefficient (Wildman–Crippen LogP) is 6.44. The summed E-state index contributed by atoms with van der Waals surface area (Å²) in [7, 11) is 1.59. The fraction of sp³-hybridized carbons (Fsp3) is 0.635. The number of aryl methyl sites for hydroxylation is 2. The number of ketones is 2. The standard InChI is InChI=1S/C63H91ClN4O17/c1-39(2)34-52-61(77)83-51(12-11-13-53(71)66-48(37-45-15-14-41(5)47(64)36-45)60(76)65-38-63(8,9)62(78)84-52)43(7)58-59(85-58)46-19-16-44(17-20-46)18-21-49(69)42(6)35-50(70)57(40(3)4)67-54(72)22-25-68(26-23-56(74)75)55(73)24-27-80-30-31-82-33-32-81-29-28-79-10/h11,13-17,19-20,36,39-40,42-43,48,51-52,57-59H,12,18,21-35,37-38H2,1-10H3,(H,65,76)(H,66,71)(H,67,72)(H,74,75)/b13-11+/t42-,43+,48-,51+,52+,57+,58-,59-/m1/s1. The molecule has 1 fully saturated rings. The number of Topliss-reactive ketones (excluding diaryl/α,β-unsaturated/α-hetero) is 2. The predicted molar refractivity (Wildman–Crippen MR) is 316 cm³/mol. The van der Waals surface area contributed by atoms with Crippen molar-refractivity contribution < 1.29 is 81.4 Å². The van der Waals surface area contributed by atoms with Crippen molar-refractivity contribution in [1.82, 2.24) is 20.9 Å². The summed E-state index contributed by atoms with van der Waals surface area (Å²) in [5.74, 6) is -6.33. The Morgan fingerprint density at radius 3 is 2.07 bits per heavy atom. The van der Waals surface area contributed by atoms with E-state index in [1.807, 2.05) is 64.1 Å². The molecule has 2 aromatic carbocycles. The summed E-state index contributed by atoms with van der Waals surface area (Å²) in [6.07, 6.45) is 0.403. The smallest absolute Gasteiger partial charge is 0.347 e. The highest BCUT2D eigenvalue weighted by Crippen LogP contribution is 2.45. The summed E-state index contributed by atoms with van der Waals surface area (Å²) in [6, 6.07) is 11.1. The van der Waals surface area contributed by atoms with Crippen LogP contribution in [0.4, 0.5) is 0 Å². The van der Waals surface area contributed by atoms with E-state index in [1.165, 1.54) is 11.0 Å². The summed E-state index contributed by atoms with van der Waals surface area (Å²) in [6.45, 7) is 18.0. The second-order valence-electron chi connectivity index (χ2n) is 23.4. The molecule has 1 saturated heterocycles. The maximum absolute atomic E-state index is 14.0. The number of amides is 4. The highest BCUT2D eigenvalue weighted by atomic mass is 35.5. The third kappa shape index (κ3) is 25.4. The van der Waals surface area contributed by atoms with Gasteiger partial charge in [-0.25, -0.2) is 4.79 Å². The Hall–Kier alpha value is -6.10. The second kappa shape index (κ2) is 36.1. The lowest BCUT2D eigenvalue weighted by atomic mass is 9.89. The zero-order valence-electron chi connectivity index (χ0n) is 51.2. The molecule has 85 heavy (non-hydrogen) atoms. The lowest BCUT2D eigenvalue weighted by molar-refractivity contribution is -0.179. The van der Waals surface area contributed by atoms with Crippen molar-refractivity contribution in [2.24, 2.45) is 29.1 Å². The number of ether oxygens (including phenoxy) is 7. The normalized spacial score (nSPS) is 20.7. The first-order chi connectivity index (χ1) is 40.3. The number of cyclic esters (lactones) is 2. The van der Waals surface area contributed by atoms with E-state index in [1.54, 1.807) is 53.9 Å². The van der Waals surface area contributed by atoms with Gasteiger partial charge in [-0.2, -0.15) is 0 Å². The third-order valence-electron chi connectivity index (χ3n) is 14.8. The Labute approximate surface area is 505 Å². The van der Waals surface area contributed by atoms with Crippen LogP contribution >= 0.6 is 11.6 Å². The molecular formula is C63H91ClN4O17. The number of carboxylic acid groups (broad SMARTS) is 1. The van der Waals surface area contributed by atoms with Gasteiger partial charge in [0.15, 0.2) is 11.9 Å². The molecule has 472 valence electrons. The van der Waals surface area contributed by atoms with E-state index >= 15 is 0 Å². The number of aliphatic carboxylic acids is 1. The van der Waals surface area contributed by atoms with E-state index in [0.717, 1.165) is 22.3 Å². The number of epoxide rings is 1. The fourth-order valence-electron chi connectivity index (χ4n) is 9.37. The number of esters is 2. The van der Waals surface area contributed by atoms with Gasteiger partial charge >= 0.3 is 17.9 Å². The molecule has 0 aromatic heterocycles. The maximum atomic E-state index is 14.0. The minimum atomic E-state index is -1.27. The number of methoxy groups -OCH3 is 1. The van der Waals surface area contributed by atoms with Crippen LogP contribution in [0, 0.1) is 36.0 Å². The summed E-state index contributed by atoms with van der Waals surface area (Å²) < 4.78 is 39.4. The maximum Gasteiger partial charge on any atom is 0.347 e. The van der Waals surface area contributed by atoms with Gasteiger partial charge in [0.25, 0.3) is 0 Å². The number of nitrogens with zero attached hydrogens (tertiary/aromatic N) is 1. The number of rotatable bonds is 34. The number of hydrogen-bond donors (Lipinski definition) is 4. The van der Waals surface area contributed by atoms with Crippen LogP contribution in [-0.2, 0) is 89.2 Å². The molecule has 0 spiro atoms. The number of carbonyl (C=O) groups excluding carboxylic acids is 8. The minimum absolute atomic E-state index is 0.0325. The summed E-state index contributed by atoms with van der Waals surface area (Å²) in [5, 5.41) is 18.2. The van der Waals surface area contributed by atoms with Crippen LogP contribution < -0.4 is 16.0 Å². The Balaban J connectivity index is 1.32. The van der Waals surface area contributed by atoms with Crippen LogP contribution in [0.2, 0.25) is 5.02 Å². The fourth-order valence-corrected chi connectivity index (χ4v) is 9.58. The SMILES string of the molecule is COCCOCCOCCOCCC(=O)N(CCC(=O)O)CCC(=O)N[C@H](C(=O)C[C@@H](C)C(=O)CCc1ccc([C@H]2O[C@@H]2[C@@H](C)[C@@H]2C/C=C/C(=O)N[C@H](Cc3ccc(C)c(Cl)c3)C(=O)NCC(C)(C)C(=O)O[C@@H](CC(C)C)C(=O)O2)cc1)C(C)C. The second-order valence-corrected chi connectivity index (χ2v) is 23.8. The monoisotopic (exact) mass is 1210 g/mol. The molecule has 2 aliphatic rings. The highest BCUT2D eigenvalue weighted by Gasteiger charge is 2.48. The van der Waals surface area contributed by atoms with Gasteiger partial charge in [0.1, 0.15) is 24.0 Å². The molecule has 0 aliphatic carbocycles. The Morgan fingerprint density at radius 2 is 1.45 bits per heavy atom. The van der Waals surface area contributed by atoms with E-state index in [4.69, 9.17) is 44.8 Å². The van der Waals surface area contributed by atoms with Crippen LogP contribution in [-0.4, -0.2) is 166 Å². The first kappa shape index (κ1) is 71.4. The van der Waals surface area contributed by atoms with Gasteiger partial charge in [-0.05, 0) is 79.8 Å². The van der Waals surface area contributed by atoms with Crippen molar-refractivity contribution in [3.63, 3.8) is 0 Å². The van der Waals surface area contributed by atoms with Crippen LogP contribution in [0.15, 0.2) is 54.6 Å². The zero-order valence-corrected chi connectivity index (χ0v) is 52.0. The summed E-state index contributed by atoms with van der Waals surface area (Å²) >= 11 is 6.40. The average Bonchev–Trinajstić information content (AvgIpc) is 3.13. The van der Waals surface area contributed by atoms with Crippen molar-refractivity contribution in [2.45, 2.75) is 157 Å². The van der Waals surface area contributed by atoms with E-state index in [0.29, 0.717) is 44.5 Å². The number of nitrogens with one attached hydrogen (secondary N) is 3. The number of hydrogen-bond acceptors (Lipinski definition) is 16. The van der Waals surface area contributed by atoms with Crippen LogP contribution in [0.1, 0.15) is 129 Å². The molecule has 2 aliphatic heterocycles. The van der Waals surface area contributed by atoms with Crippen LogP contribution in [0.25, 0.3) is 0 Å². The number of halogens is 1. The van der Waals surface area contributed by atoms with Gasteiger partial charge in [0.2, 0.25) is 23.6 Å². The van der Waals surface area contributed by atoms with E-state index in [2.05, 4.69) is 16.0 Å². The third-order valence-corrected chi connectivity index (χ3v) is 15.3. The van der Waals surface area contributed by atoms with Gasteiger partial charge in [0.05, 0.1) is 76.7 Å². The van der Waals surface area contributed by atoms with E-state index in [9.17, 15) is 48.3 Å². The molecule has 2 aromatic rings. The zero-order chi connectivity index (χ0) is 62.8. The quantitative estimate of drug-likeness (QED) is 0.0333. The molecule has 4 N–H and O–H groups in total. The first-order valence-corrected chi connectivity index (χ1v) is 29.9. The Kier molecular flexibility index (Phi) is 30.4. The van der Waals surface area contributed by atoms with Crippen molar-refractivity contribution in [2.75, 3.05) is 73.0 Å². The molecule has 4 rings (SSSR count). The molecule has 22 heteroatoms. The van der Waals surface area contributed by atoms with Gasteiger partial charge in [-0.3, -0.25) is 38.4 Å². The van der Waals surface area contributed by atoms with Gasteiger partial charge in [-0.1, -0.05) is 95.6 Å². The number of carboxylic acids is 1. The Morgan fingerprint density at radius 1 is 0.812 bits per heavy atom. The van der Waals surface area contributed by atoms with Crippen molar-refractivity contribution in [3.05, 3.63) is 81.9 Å².